The minimum atomic E-state index is 0.128. The van der Waals surface area contributed by atoms with Crippen LogP contribution in [0, 0.1) is 6.92 Å². The Morgan fingerprint density at radius 3 is 2.80 bits per heavy atom. The summed E-state index contributed by atoms with van der Waals surface area (Å²) in [7, 11) is 0. The highest BCUT2D eigenvalue weighted by Crippen LogP contribution is 2.33. The maximum atomic E-state index is 12.9. The minimum Gasteiger partial charge on any atom is -0.308 e. The summed E-state index contributed by atoms with van der Waals surface area (Å²) in [6.45, 7) is 3.99. The van der Waals surface area contributed by atoms with Gasteiger partial charge in [-0.25, -0.2) is 9.97 Å². The van der Waals surface area contributed by atoms with E-state index in [0.29, 0.717) is 5.75 Å². The van der Waals surface area contributed by atoms with Gasteiger partial charge < -0.3 is 4.90 Å². The number of anilines is 1. The van der Waals surface area contributed by atoms with Crippen LogP contribution in [0.1, 0.15) is 18.3 Å². The van der Waals surface area contributed by atoms with Gasteiger partial charge in [0.2, 0.25) is 5.91 Å². The lowest BCUT2D eigenvalue weighted by Gasteiger charge is -2.22. The molecule has 0 saturated carbocycles. The summed E-state index contributed by atoms with van der Waals surface area (Å²) < 4.78 is 0. The largest absolute Gasteiger partial charge is 0.308 e. The molecule has 1 amide bonds. The molecule has 0 fully saturated rings. The van der Waals surface area contributed by atoms with Crippen molar-refractivity contribution in [2.24, 2.45) is 0 Å². The molecule has 2 heterocycles. The molecular formula is C20H19N3OS. The second-order valence-electron chi connectivity index (χ2n) is 6.33. The van der Waals surface area contributed by atoms with E-state index in [4.69, 9.17) is 0 Å². The number of aromatic nitrogens is 2. The van der Waals surface area contributed by atoms with Crippen LogP contribution in [-0.2, 0) is 11.2 Å². The number of benzene rings is 2. The normalized spacial score (nSPS) is 16.2. The molecule has 1 aliphatic heterocycles. The first-order valence-electron chi connectivity index (χ1n) is 8.39. The van der Waals surface area contributed by atoms with Crippen LogP contribution in [0.25, 0.3) is 10.9 Å². The number of carbonyl (C=O) groups is 1. The predicted molar refractivity (Wildman–Crippen MR) is 102 cm³/mol. The van der Waals surface area contributed by atoms with E-state index in [-0.39, 0.29) is 11.9 Å². The third-order valence-corrected chi connectivity index (χ3v) is 5.46. The van der Waals surface area contributed by atoms with Crippen LogP contribution in [0.3, 0.4) is 0 Å². The molecule has 0 saturated heterocycles. The predicted octanol–water partition coefficient (Wildman–Crippen LogP) is 4.01. The summed E-state index contributed by atoms with van der Waals surface area (Å²) in [5.74, 6) is 1.23. The lowest BCUT2D eigenvalue weighted by molar-refractivity contribution is -0.116. The second-order valence-corrected chi connectivity index (χ2v) is 7.29. The number of rotatable bonds is 3. The first-order chi connectivity index (χ1) is 12.1. The van der Waals surface area contributed by atoms with Gasteiger partial charge in [-0.15, -0.1) is 0 Å². The van der Waals surface area contributed by atoms with Crippen molar-refractivity contribution in [1.29, 1.82) is 0 Å². The fourth-order valence-electron chi connectivity index (χ4n) is 3.41. The molecule has 5 heteroatoms. The van der Waals surface area contributed by atoms with Crippen molar-refractivity contribution in [2.45, 2.75) is 31.3 Å². The third-order valence-electron chi connectivity index (χ3n) is 4.49. The molecule has 0 bridgehead atoms. The van der Waals surface area contributed by atoms with E-state index in [9.17, 15) is 4.79 Å². The molecule has 0 unspecified atom stereocenters. The fourth-order valence-corrected chi connectivity index (χ4v) is 4.34. The molecule has 0 aliphatic carbocycles. The zero-order chi connectivity index (χ0) is 17.4. The first-order valence-corrected chi connectivity index (χ1v) is 9.38. The summed E-state index contributed by atoms with van der Waals surface area (Å²) in [4.78, 5) is 23.8. The van der Waals surface area contributed by atoms with Crippen LogP contribution in [0.2, 0.25) is 0 Å². The van der Waals surface area contributed by atoms with Crippen molar-refractivity contribution in [3.05, 3.63) is 59.9 Å². The van der Waals surface area contributed by atoms with E-state index >= 15 is 0 Å². The molecule has 1 aromatic heterocycles. The Labute approximate surface area is 151 Å². The summed E-state index contributed by atoms with van der Waals surface area (Å²) in [5, 5.41) is 1.87. The molecule has 4 nitrogen and oxygen atoms in total. The van der Waals surface area contributed by atoms with E-state index in [1.165, 1.54) is 17.3 Å². The van der Waals surface area contributed by atoms with E-state index in [2.05, 4.69) is 23.0 Å². The van der Waals surface area contributed by atoms with Gasteiger partial charge >= 0.3 is 0 Å². The third kappa shape index (κ3) is 3.00. The number of fused-ring (bicyclic) bond motifs is 2. The van der Waals surface area contributed by atoms with Crippen LogP contribution in [0.15, 0.2) is 53.6 Å². The van der Waals surface area contributed by atoms with Gasteiger partial charge in [-0.1, -0.05) is 48.2 Å². The van der Waals surface area contributed by atoms with E-state index in [0.717, 1.165) is 33.9 Å². The molecule has 126 valence electrons. The number of para-hydroxylation sites is 2. The summed E-state index contributed by atoms with van der Waals surface area (Å²) in [6, 6.07) is 16.3. The number of aryl methyl sites for hydroxylation is 1. The van der Waals surface area contributed by atoms with Crippen LogP contribution in [-0.4, -0.2) is 27.7 Å². The van der Waals surface area contributed by atoms with Crippen molar-refractivity contribution >= 4 is 34.3 Å². The SMILES string of the molecule is Cc1nc(SCC(=O)N2c3ccccc3C[C@@H]2C)c2ccccc2n1. The molecule has 25 heavy (non-hydrogen) atoms. The average Bonchev–Trinajstić information content (AvgIpc) is 2.95. The van der Waals surface area contributed by atoms with Crippen LogP contribution in [0.4, 0.5) is 5.69 Å². The number of thioether (sulfide) groups is 1. The van der Waals surface area contributed by atoms with Crippen LogP contribution < -0.4 is 4.90 Å². The van der Waals surface area contributed by atoms with Crippen molar-refractivity contribution in [3.63, 3.8) is 0 Å². The molecule has 3 aromatic rings. The maximum Gasteiger partial charge on any atom is 0.237 e. The number of nitrogens with zero attached hydrogens (tertiary/aromatic N) is 3. The zero-order valence-electron chi connectivity index (χ0n) is 14.3. The fraction of sp³-hybridized carbons (Fsp3) is 0.250. The van der Waals surface area contributed by atoms with Crippen molar-refractivity contribution in [1.82, 2.24) is 9.97 Å². The Morgan fingerprint density at radius 1 is 1.16 bits per heavy atom. The van der Waals surface area contributed by atoms with Gasteiger partial charge in [-0.3, -0.25) is 4.79 Å². The molecule has 2 aromatic carbocycles. The highest BCUT2D eigenvalue weighted by molar-refractivity contribution is 8.00. The molecule has 4 rings (SSSR count). The Kier molecular flexibility index (Phi) is 4.17. The van der Waals surface area contributed by atoms with E-state index in [1.807, 2.05) is 54.3 Å². The average molecular weight is 349 g/mol. The topological polar surface area (TPSA) is 46.1 Å². The van der Waals surface area contributed by atoms with Gasteiger partial charge in [0.1, 0.15) is 10.9 Å². The number of hydrogen-bond acceptors (Lipinski definition) is 4. The maximum absolute atomic E-state index is 12.9. The lowest BCUT2D eigenvalue weighted by atomic mass is 10.1. The number of hydrogen-bond donors (Lipinski definition) is 0. The summed E-state index contributed by atoms with van der Waals surface area (Å²) in [5.41, 5.74) is 3.21. The minimum absolute atomic E-state index is 0.128. The number of amides is 1. The molecule has 0 spiro atoms. The molecule has 0 N–H and O–H groups in total. The highest BCUT2D eigenvalue weighted by atomic mass is 32.2. The quantitative estimate of drug-likeness (QED) is 0.529. The van der Waals surface area contributed by atoms with Crippen LogP contribution in [0.5, 0.6) is 0 Å². The van der Waals surface area contributed by atoms with Gasteiger partial charge in [0.25, 0.3) is 0 Å². The van der Waals surface area contributed by atoms with Crippen molar-refractivity contribution < 1.29 is 4.79 Å². The van der Waals surface area contributed by atoms with Crippen molar-refractivity contribution in [3.8, 4) is 0 Å². The highest BCUT2D eigenvalue weighted by Gasteiger charge is 2.30. The van der Waals surface area contributed by atoms with Gasteiger partial charge in [0.05, 0.1) is 11.3 Å². The van der Waals surface area contributed by atoms with Gasteiger partial charge in [-0.2, -0.15) is 0 Å². The van der Waals surface area contributed by atoms with Crippen LogP contribution >= 0.6 is 11.8 Å². The zero-order valence-corrected chi connectivity index (χ0v) is 15.1. The molecule has 1 atom stereocenters. The van der Waals surface area contributed by atoms with E-state index < -0.39 is 0 Å². The van der Waals surface area contributed by atoms with Gasteiger partial charge in [0.15, 0.2) is 0 Å². The molecule has 0 radical (unpaired) electrons. The Balaban J connectivity index is 1.57. The second kappa shape index (κ2) is 6.48. The number of carbonyl (C=O) groups excluding carboxylic acids is 1. The summed E-state index contributed by atoms with van der Waals surface area (Å²) >= 11 is 1.49. The summed E-state index contributed by atoms with van der Waals surface area (Å²) in [6.07, 6.45) is 0.919. The molecule has 1 aliphatic rings. The van der Waals surface area contributed by atoms with Crippen molar-refractivity contribution in [2.75, 3.05) is 10.7 Å². The van der Waals surface area contributed by atoms with Gasteiger partial charge in [0, 0.05) is 17.1 Å². The lowest BCUT2D eigenvalue weighted by Crippen LogP contribution is -2.37. The Hall–Kier alpha value is -2.40. The Bertz CT molecular complexity index is 957. The van der Waals surface area contributed by atoms with Gasteiger partial charge in [-0.05, 0) is 38.0 Å². The molecular weight excluding hydrogens is 330 g/mol. The monoisotopic (exact) mass is 349 g/mol. The smallest absolute Gasteiger partial charge is 0.237 e. The first kappa shape index (κ1) is 16.1. The van der Waals surface area contributed by atoms with E-state index in [1.54, 1.807) is 0 Å². The standard InChI is InChI=1S/C20H19N3OS/c1-13-11-15-7-3-6-10-18(15)23(13)19(24)12-25-20-16-8-4-5-9-17(16)21-14(2)22-20/h3-10,13H,11-12H2,1-2H3/t13-/m0/s1. The Morgan fingerprint density at radius 2 is 1.92 bits per heavy atom.